The van der Waals surface area contributed by atoms with Crippen molar-refractivity contribution >= 4 is 0 Å². The lowest BCUT2D eigenvalue weighted by Gasteiger charge is -2.31. The fourth-order valence-electron chi connectivity index (χ4n) is 4.10. The Morgan fingerprint density at radius 1 is 0.600 bits per heavy atom. The summed E-state index contributed by atoms with van der Waals surface area (Å²) in [6.45, 7) is 10.9. The van der Waals surface area contributed by atoms with Gasteiger partial charge in [-0.3, -0.25) is 0 Å². The highest BCUT2D eigenvalue weighted by Gasteiger charge is 2.27. The van der Waals surface area contributed by atoms with Gasteiger partial charge in [0.05, 0.1) is 18.2 Å². The Bertz CT molecular complexity index is 472. The highest BCUT2D eigenvalue weighted by atomic mass is 16.5. The number of rotatable bonds is 27. The second-order valence-electron chi connectivity index (χ2n) is 10.8. The van der Waals surface area contributed by atoms with Crippen molar-refractivity contribution in [3.8, 4) is 0 Å². The van der Waals surface area contributed by atoms with E-state index in [0.717, 1.165) is 32.5 Å². The monoisotopic (exact) mass is 493 g/mol. The molecule has 0 aliphatic rings. The highest BCUT2D eigenvalue weighted by molar-refractivity contribution is 4.92. The zero-order valence-electron chi connectivity index (χ0n) is 24.3. The van der Waals surface area contributed by atoms with Crippen LogP contribution in [0.3, 0.4) is 0 Å². The van der Waals surface area contributed by atoms with Crippen LogP contribution in [-0.4, -0.2) is 31.5 Å². The first-order chi connectivity index (χ1) is 17.0. The molecule has 0 aromatic rings. The molecule has 35 heavy (non-hydrogen) atoms. The van der Waals surface area contributed by atoms with Crippen molar-refractivity contribution in [2.45, 2.75) is 161 Å². The molecule has 3 nitrogen and oxygen atoms in total. The van der Waals surface area contributed by atoms with E-state index in [1.165, 1.54) is 103 Å². The predicted molar refractivity (Wildman–Crippen MR) is 156 cm³/mol. The van der Waals surface area contributed by atoms with Gasteiger partial charge in [-0.2, -0.15) is 0 Å². The number of allylic oxidation sites excluding steroid dienone is 4. The van der Waals surface area contributed by atoms with E-state index in [0.29, 0.717) is 6.61 Å². The van der Waals surface area contributed by atoms with E-state index < -0.39 is 0 Å². The van der Waals surface area contributed by atoms with E-state index in [9.17, 15) is 0 Å². The normalized spacial score (nSPS) is 13.4. The molecule has 3 heteroatoms. The number of hydrogen-bond acceptors (Lipinski definition) is 3. The van der Waals surface area contributed by atoms with Crippen LogP contribution in [0, 0.1) is 0 Å². The first-order valence-corrected chi connectivity index (χ1v) is 15.3. The van der Waals surface area contributed by atoms with Crippen LogP contribution in [0.1, 0.15) is 150 Å². The lowest BCUT2D eigenvalue weighted by atomic mass is 10.00. The van der Waals surface area contributed by atoms with Crippen LogP contribution in [0.4, 0.5) is 0 Å². The summed E-state index contributed by atoms with van der Waals surface area (Å²) < 4.78 is 12.0. The van der Waals surface area contributed by atoms with Gasteiger partial charge in [0.2, 0.25) is 0 Å². The smallest absolute Gasteiger partial charge is 0.0799 e. The molecule has 0 radical (unpaired) electrons. The maximum absolute atomic E-state index is 6.36. The molecule has 0 aromatic heterocycles. The maximum Gasteiger partial charge on any atom is 0.0799 e. The Morgan fingerprint density at radius 2 is 1.06 bits per heavy atom. The summed E-state index contributed by atoms with van der Waals surface area (Å²) in [7, 11) is 0. The molecule has 1 unspecified atom stereocenters. The van der Waals surface area contributed by atoms with Crippen LogP contribution in [0.5, 0.6) is 0 Å². The van der Waals surface area contributed by atoms with E-state index in [-0.39, 0.29) is 11.6 Å². The third kappa shape index (κ3) is 24.8. The Morgan fingerprint density at radius 3 is 1.66 bits per heavy atom. The fourth-order valence-corrected chi connectivity index (χ4v) is 4.10. The molecule has 0 fully saturated rings. The number of ether oxygens (including phenoxy) is 2. The molecule has 0 bridgehead atoms. The largest absolute Gasteiger partial charge is 0.380 e. The highest BCUT2D eigenvalue weighted by Crippen LogP contribution is 2.16. The molecule has 0 saturated heterocycles. The van der Waals surface area contributed by atoms with Gasteiger partial charge in [-0.15, -0.1) is 0 Å². The predicted octanol–water partition coefficient (Wildman–Crippen LogP) is 9.69. The van der Waals surface area contributed by atoms with E-state index in [4.69, 9.17) is 15.2 Å². The van der Waals surface area contributed by atoms with Crippen molar-refractivity contribution in [1.82, 2.24) is 0 Å². The van der Waals surface area contributed by atoms with Crippen molar-refractivity contribution < 1.29 is 9.47 Å². The Hall–Kier alpha value is -0.640. The molecular weight excluding hydrogens is 430 g/mol. The third-order valence-electron chi connectivity index (χ3n) is 6.90. The zero-order chi connectivity index (χ0) is 25.9. The Labute approximate surface area is 220 Å². The summed E-state index contributed by atoms with van der Waals surface area (Å²) in [5.74, 6) is 0. The van der Waals surface area contributed by atoms with Gasteiger partial charge in [0, 0.05) is 13.2 Å². The molecule has 0 amide bonds. The van der Waals surface area contributed by atoms with Gasteiger partial charge in [-0.25, -0.2) is 0 Å². The lowest BCUT2D eigenvalue weighted by Crippen LogP contribution is -2.48. The number of unbranched alkanes of at least 4 members (excludes halogenated alkanes) is 15. The van der Waals surface area contributed by atoms with Gasteiger partial charge in [0.1, 0.15) is 0 Å². The van der Waals surface area contributed by atoms with Crippen LogP contribution in [0.25, 0.3) is 0 Å². The van der Waals surface area contributed by atoms with Gasteiger partial charge in [0.25, 0.3) is 0 Å². The van der Waals surface area contributed by atoms with Crippen molar-refractivity contribution in [3.05, 3.63) is 24.3 Å². The van der Waals surface area contributed by atoms with Crippen LogP contribution in [0.15, 0.2) is 24.3 Å². The van der Waals surface area contributed by atoms with E-state index in [1.807, 2.05) is 0 Å². The molecule has 1 atom stereocenters. The van der Waals surface area contributed by atoms with E-state index >= 15 is 0 Å². The first kappa shape index (κ1) is 34.4. The van der Waals surface area contributed by atoms with Crippen molar-refractivity contribution in [2.75, 3.05) is 19.8 Å². The second-order valence-corrected chi connectivity index (χ2v) is 10.8. The molecule has 2 N–H and O–H groups in total. The Balaban J connectivity index is 3.47. The summed E-state index contributed by atoms with van der Waals surface area (Å²) in [4.78, 5) is 0. The molecular formula is C32H63NO2. The molecule has 0 spiro atoms. The van der Waals surface area contributed by atoms with Crippen LogP contribution < -0.4 is 5.73 Å². The minimum absolute atomic E-state index is 0.0725. The van der Waals surface area contributed by atoms with Gasteiger partial charge < -0.3 is 15.2 Å². The quantitative estimate of drug-likeness (QED) is 0.0914. The molecule has 0 aromatic carbocycles. The molecule has 0 aliphatic heterocycles. The molecule has 0 aliphatic carbocycles. The van der Waals surface area contributed by atoms with Crippen molar-refractivity contribution in [2.24, 2.45) is 5.73 Å². The minimum atomic E-state index is -0.318. The standard InChI is InChI=1S/C32H63NO2/c1-5-7-9-11-13-14-15-16-17-18-19-20-21-23-24-26-28-34-30-31(33)32(3,4)35-29-27-25-22-12-10-8-6-2/h13-14,16-17,31H,5-12,15,18-30,33H2,1-4H3. The topological polar surface area (TPSA) is 44.5 Å². The third-order valence-corrected chi connectivity index (χ3v) is 6.90. The van der Waals surface area contributed by atoms with Crippen LogP contribution >= 0.6 is 0 Å². The molecule has 0 heterocycles. The van der Waals surface area contributed by atoms with E-state index in [1.54, 1.807) is 0 Å². The van der Waals surface area contributed by atoms with E-state index in [2.05, 4.69) is 52.0 Å². The summed E-state index contributed by atoms with van der Waals surface area (Å²) in [5, 5.41) is 0. The van der Waals surface area contributed by atoms with Gasteiger partial charge in [-0.1, -0.05) is 115 Å². The summed E-state index contributed by atoms with van der Waals surface area (Å²) in [5.41, 5.74) is 6.04. The lowest BCUT2D eigenvalue weighted by molar-refractivity contribution is -0.0566. The summed E-state index contributed by atoms with van der Waals surface area (Å²) in [6.07, 6.45) is 33.7. The van der Waals surface area contributed by atoms with Crippen molar-refractivity contribution in [3.63, 3.8) is 0 Å². The Kier molecular flexibility index (Phi) is 25.9. The summed E-state index contributed by atoms with van der Waals surface area (Å²) in [6, 6.07) is -0.0725. The number of nitrogens with two attached hydrogens (primary N) is 1. The summed E-state index contributed by atoms with van der Waals surface area (Å²) >= 11 is 0. The van der Waals surface area contributed by atoms with Gasteiger partial charge >= 0.3 is 0 Å². The number of hydrogen-bond donors (Lipinski definition) is 1. The minimum Gasteiger partial charge on any atom is -0.380 e. The van der Waals surface area contributed by atoms with Crippen LogP contribution in [-0.2, 0) is 9.47 Å². The average Bonchev–Trinajstić information content (AvgIpc) is 2.84. The average molecular weight is 494 g/mol. The maximum atomic E-state index is 6.36. The van der Waals surface area contributed by atoms with Crippen molar-refractivity contribution in [1.29, 1.82) is 0 Å². The first-order valence-electron chi connectivity index (χ1n) is 15.3. The van der Waals surface area contributed by atoms with Gasteiger partial charge in [-0.05, 0) is 58.8 Å². The molecule has 0 rings (SSSR count). The van der Waals surface area contributed by atoms with Crippen LogP contribution in [0.2, 0.25) is 0 Å². The zero-order valence-corrected chi connectivity index (χ0v) is 24.3. The molecule has 208 valence electrons. The van der Waals surface area contributed by atoms with Gasteiger partial charge in [0.15, 0.2) is 0 Å². The SMILES string of the molecule is CCCCCC=CCC=CCCCCCCCCOCC(N)C(C)(C)OCCCCCCCCC. The fraction of sp³-hybridized carbons (Fsp3) is 0.875. The second kappa shape index (κ2) is 26.4. The molecule has 0 saturated carbocycles.